The molecule has 0 aromatic heterocycles. The average Bonchev–Trinajstić information content (AvgIpc) is 3.36. The number of fused-ring (bicyclic) bond motifs is 2. The number of carbonyl (C=O) groups excluding carboxylic acids is 1. The lowest BCUT2D eigenvalue weighted by atomic mass is 9.59. The molecule has 0 aliphatic heterocycles. The van der Waals surface area contributed by atoms with Crippen molar-refractivity contribution in [3.05, 3.63) is 28.8 Å². The van der Waals surface area contributed by atoms with Crippen LogP contribution in [-0.4, -0.2) is 38.3 Å². The fourth-order valence-electron chi connectivity index (χ4n) is 6.72. The number of aliphatic hydroxyl groups is 1. The van der Waals surface area contributed by atoms with Gasteiger partial charge in [0.05, 0.1) is 6.10 Å². The van der Waals surface area contributed by atoms with Crippen molar-refractivity contribution in [2.75, 3.05) is 6.61 Å². The van der Waals surface area contributed by atoms with Crippen molar-refractivity contribution in [2.24, 2.45) is 16.7 Å². The Balaban J connectivity index is 1.57. The number of nitrogens with one attached hydrogen (secondary N) is 1. The molecule has 0 radical (unpaired) electrons. The molecule has 1 spiro atoms. The van der Waals surface area contributed by atoms with E-state index in [0.29, 0.717) is 18.8 Å². The lowest BCUT2D eigenvalue weighted by Gasteiger charge is -2.46. The molecule has 7 nitrogen and oxygen atoms in total. The summed E-state index contributed by atoms with van der Waals surface area (Å²) >= 11 is 0. The second-order valence-corrected chi connectivity index (χ2v) is 11.3. The number of benzene rings is 1. The van der Waals surface area contributed by atoms with Crippen molar-refractivity contribution in [1.29, 1.82) is 0 Å². The third kappa shape index (κ3) is 3.59. The Hall–Kier alpha value is -2.27. The summed E-state index contributed by atoms with van der Waals surface area (Å²) in [5.74, 6) is -1.23. The van der Waals surface area contributed by atoms with Crippen LogP contribution in [0, 0.1) is 16.7 Å². The van der Waals surface area contributed by atoms with E-state index in [1.807, 2.05) is 0 Å². The number of alkyl halides is 3. The summed E-state index contributed by atoms with van der Waals surface area (Å²) in [4.78, 5) is 11.2. The van der Waals surface area contributed by atoms with Crippen LogP contribution in [-0.2, 0) is 21.5 Å². The Labute approximate surface area is 195 Å². The van der Waals surface area contributed by atoms with Gasteiger partial charge < -0.3 is 14.0 Å². The molecule has 2 unspecified atom stereocenters. The first kappa shape index (κ1) is 23.5. The van der Waals surface area contributed by atoms with Crippen LogP contribution in [0.5, 0.6) is 11.5 Å². The number of halogens is 3. The molecule has 5 rings (SSSR count). The quantitative estimate of drug-likeness (QED) is 0.639. The summed E-state index contributed by atoms with van der Waals surface area (Å²) in [6.07, 6.45) is -0.462. The van der Waals surface area contributed by atoms with E-state index >= 15 is 0 Å². The number of allylic oxidation sites excluding steroid dienone is 2. The highest BCUT2D eigenvalue weighted by Crippen LogP contribution is 2.80. The van der Waals surface area contributed by atoms with Gasteiger partial charge in [0.1, 0.15) is 0 Å². The van der Waals surface area contributed by atoms with Gasteiger partial charge in [0.25, 0.3) is 0 Å². The Bertz CT molecular complexity index is 1210. The summed E-state index contributed by atoms with van der Waals surface area (Å²) in [7, 11) is -4.59. The minimum atomic E-state index is -4.64. The van der Waals surface area contributed by atoms with Gasteiger partial charge in [0.15, 0.2) is 18.1 Å². The first-order valence-corrected chi connectivity index (χ1v) is 12.7. The minimum Gasteiger partial charge on any atom is -0.480 e. The van der Waals surface area contributed by atoms with Crippen LogP contribution >= 0.6 is 0 Å². The van der Waals surface area contributed by atoms with Crippen molar-refractivity contribution < 1.29 is 40.4 Å². The van der Waals surface area contributed by atoms with E-state index in [1.165, 1.54) is 17.7 Å². The normalized spacial score (nSPS) is 31.7. The fourth-order valence-corrected chi connectivity index (χ4v) is 7.48. The number of carbonyl (C=O) groups is 1. The molecular formula is C23H26F3NO6S. The van der Waals surface area contributed by atoms with E-state index in [1.54, 1.807) is 4.72 Å². The highest BCUT2D eigenvalue weighted by atomic mass is 32.2. The van der Waals surface area contributed by atoms with Gasteiger partial charge in [-0.2, -0.15) is 21.6 Å². The standard InChI is InChI=1S/C23H26F3NO6S/c1-12(28)27-34(30,31)33-19-7-13-3-4-17-15(16(13)9-18(19)32-11-23(24,25)26)5-6-21(2)20(29)8-14-10-22(14,17)21/h7,9,14,20,29H,3-6,8,10-11H2,1-2H3,(H,27,28)/t14?,20-,21-,22?/m1/s1. The van der Waals surface area contributed by atoms with Gasteiger partial charge in [-0.15, -0.1) is 0 Å². The summed E-state index contributed by atoms with van der Waals surface area (Å²) in [5, 5.41) is 10.7. The van der Waals surface area contributed by atoms with Gasteiger partial charge in [-0.25, -0.2) is 4.72 Å². The molecule has 11 heteroatoms. The van der Waals surface area contributed by atoms with Gasteiger partial charge in [-0.05, 0) is 73.3 Å². The number of hydrogen-bond donors (Lipinski definition) is 2. The molecule has 186 valence electrons. The molecule has 0 saturated heterocycles. The first-order chi connectivity index (χ1) is 15.8. The lowest BCUT2D eigenvalue weighted by Crippen LogP contribution is -2.41. The van der Waals surface area contributed by atoms with Crippen LogP contribution in [0.25, 0.3) is 5.57 Å². The molecule has 4 atom stereocenters. The third-order valence-corrected chi connectivity index (χ3v) is 9.10. The molecule has 4 aliphatic carbocycles. The zero-order chi connectivity index (χ0) is 24.7. The molecule has 1 amide bonds. The topological polar surface area (TPSA) is 102 Å². The zero-order valence-electron chi connectivity index (χ0n) is 18.8. The number of rotatable bonds is 5. The van der Waals surface area contributed by atoms with Crippen LogP contribution in [0.15, 0.2) is 17.7 Å². The Morgan fingerprint density at radius 1 is 1.24 bits per heavy atom. The maximum Gasteiger partial charge on any atom is 0.422 e. The van der Waals surface area contributed by atoms with Crippen LogP contribution in [0.3, 0.4) is 0 Å². The Morgan fingerprint density at radius 2 is 1.97 bits per heavy atom. The number of aryl methyl sites for hydroxylation is 1. The van der Waals surface area contributed by atoms with Gasteiger partial charge >= 0.3 is 16.5 Å². The predicted molar refractivity (Wildman–Crippen MR) is 115 cm³/mol. The fraction of sp³-hybridized carbons (Fsp3) is 0.609. The van der Waals surface area contributed by atoms with Gasteiger partial charge in [0.2, 0.25) is 5.91 Å². The molecule has 2 fully saturated rings. The van der Waals surface area contributed by atoms with Crippen LogP contribution in [0.1, 0.15) is 57.1 Å². The molecule has 34 heavy (non-hydrogen) atoms. The summed E-state index contributed by atoms with van der Waals surface area (Å²) in [5.41, 5.74) is 3.57. The molecule has 1 aromatic rings. The molecule has 4 aliphatic rings. The van der Waals surface area contributed by atoms with Crippen molar-refractivity contribution in [2.45, 2.75) is 64.7 Å². The summed E-state index contributed by atoms with van der Waals surface area (Å²) in [6, 6.07) is 2.82. The SMILES string of the molecule is CC(=O)NS(=O)(=O)Oc1cc2c(cc1OCC(F)(F)F)C1=C(CC2)C23CC2C[C@@H](O)[C@@]3(C)CC1. The van der Waals surface area contributed by atoms with E-state index in [9.17, 15) is 31.5 Å². The molecule has 0 heterocycles. The molecule has 2 N–H and O–H groups in total. The van der Waals surface area contributed by atoms with Gasteiger partial charge in [-0.1, -0.05) is 12.5 Å². The second kappa shape index (κ2) is 7.36. The average molecular weight is 502 g/mol. The summed E-state index contributed by atoms with van der Waals surface area (Å²) in [6.45, 7) is 1.50. The van der Waals surface area contributed by atoms with Gasteiger partial charge in [0, 0.05) is 17.8 Å². The highest BCUT2D eigenvalue weighted by molar-refractivity contribution is 7.85. The maximum atomic E-state index is 12.9. The largest absolute Gasteiger partial charge is 0.480 e. The molecular weight excluding hydrogens is 475 g/mol. The number of hydrogen-bond acceptors (Lipinski definition) is 6. The van der Waals surface area contributed by atoms with E-state index < -0.39 is 34.7 Å². The number of ether oxygens (including phenoxy) is 1. The third-order valence-electron chi connectivity index (χ3n) is 8.16. The van der Waals surface area contributed by atoms with Crippen molar-refractivity contribution in [1.82, 2.24) is 4.72 Å². The van der Waals surface area contributed by atoms with Crippen molar-refractivity contribution in [3.63, 3.8) is 0 Å². The predicted octanol–water partition coefficient (Wildman–Crippen LogP) is 3.66. The second-order valence-electron chi connectivity index (χ2n) is 10.1. The first-order valence-electron chi connectivity index (χ1n) is 11.3. The Morgan fingerprint density at radius 3 is 2.65 bits per heavy atom. The molecule has 0 bridgehead atoms. The lowest BCUT2D eigenvalue weighted by molar-refractivity contribution is -0.153. The van der Waals surface area contributed by atoms with E-state index in [2.05, 4.69) is 6.92 Å². The Kier molecular flexibility index (Phi) is 5.08. The van der Waals surface area contributed by atoms with Crippen LogP contribution in [0.2, 0.25) is 0 Å². The number of amides is 1. The van der Waals surface area contributed by atoms with E-state index in [0.717, 1.165) is 49.3 Å². The van der Waals surface area contributed by atoms with Crippen molar-refractivity contribution in [3.8, 4) is 11.5 Å². The highest BCUT2D eigenvalue weighted by Gasteiger charge is 2.74. The zero-order valence-corrected chi connectivity index (χ0v) is 19.6. The van der Waals surface area contributed by atoms with Crippen molar-refractivity contribution >= 4 is 21.8 Å². The number of aliphatic hydroxyl groups excluding tert-OH is 1. The van der Waals surface area contributed by atoms with E-state index in [-0.39, 0.29) is 22.7 Å². The molecule has 2 saturated carbocycles. The molecule has 1 aromatic carbocycles. The summed E-state index contributed by atoms with van der Waals surface area (Å²) < 4.78 is 74.5. The smallest absolute Gasteiger partial charge is 0.422 e. The van der Waals surface area contributed by atoms with E-state index in [4.69, 9.17) is 8.92 Å². The monoisotopic (exact) mass is 501 g/mol. The minimum absolute atomic E-state index is 0.0609. The maximum absolute atomic E-state index is 12.9. The van der Waals surface area contributed by atoms with Crippen LogP contribution < -0.4 is 13.6 Å². The van der Waals surface area contributed by atoms with Crippen LogP contribution in [0.4, 0.5) is 13.2 Å². The van der Waals surface area contributed by atoms with Gasteiger partial charge in [-0.3, -0.25) is 4.79 Å².